The van der Waals surface area contributed by atoms with Gasteiger partial charge in [-0.25, -0.2) is 9.59 Å². The van der Waals surface area contributed by atoms with Crippen LogP contribution in [0.2, 0.25) is 0 Å². The summed E-state index contributed by atoms with van der Waals surface area (Å²) in [6.07, 6.45) is 1.40. The monoisotopic (exact) mass is 453 g/mol. The quantitative estimate of drug-likeness (QED) is 0.484. The van der Waals surface area contributed by atoms with Gasteiger partial charge in [0.1, 0.15) is 12.2 Å². The third-order valence-corrected chi connectivity index (χ3v) is 5.60. The van der Waals surface area contributed by atoms with E-state index in [4.69, 9.17) is 15.2 Å². The molecule has 0 bridgehead atoms. The van der Waals surface area contributed by atoms with Crippen LogP contribution in [0.4, 0.5) is 9.59 Å². The molecule has 0 radical (unpaired) electrons. The van der Waals surface area contributed by atoms with Crippen LogP contribution in [0.25, 0.3) is 11.1 Å². The Balaban J connectivity index is 1.41. The highest BCUT2D eigenvalue weighted by atomic mass is 16.6. The number of alkyl carbamates (subject to hydrolysis) is 2. The molecule has 0 saturated carbocycles. The van der Waals surface area contributed by atoms with Crippen LogP contribution in [0, 0.1) is 0 Å². The molecule has 1 atom stereocenters. The van der Waals surface area contributed by atoms with Gasteiger partial charge in [-0.15, -0.1) is 0 Å². The molecule has 7 heteroatoms. The average Bonchev–Trinajstić information content (AvgIpc) is 3.09. The highest BCUT2D eigenvalue weighted by Gasteiger charge is 2.29. The molecule has 178 valence electrons. The first-order valence-corrected chi connectivity index (χ1v) is 11.6. The SMILES string of the molecule is CC(C)(C)OC(=O)NCCCC[C@@H](CN)NC(=O)OCC1c2ccccc2-c2ccccc21. The second kappa shape index (κ2) is 11.2. The molecule has 0 heterocycles. The van der Waals surface area contributed by atoms with Gasteiger partial charge in [-0.2, -0.15) is 0 Å². The van der Waals surface area contributed by atoms with Crippen molar-refractivity contribution in [3.05, 3.63) is 59.7 Å². The zero-order valence-electron chi connectivity index (χ0n) is 19.7. The van der Waals surface area contributed by atoms with Gasteiger partial charge < -0.3 is 25.8 Å². The standard InChI is InChI=1S/C26H35N3O4/c1-26(2,3)33-24(30)28-15-9-8-10-18(16-27)29-25(31)32-17-23-21-13-6-4-11-19(21)20-12-5-7-14-22(20)23/h4-7,11-14,18,23H,8-10,15-17,27H2,1-3H3,(H,28,30)(H,29,31)/t18-/m0/s1. The van der Waals surface area contributed by atoms with Crippen molar-refractivity contribution < 1.29 is 19.1 Å². The van der Waals surface area contributed by atoms with E-state index >= 15 is 0 Å². The minimum absolute atomic E-state index is 0.0263. The van der Waals surface area contributed by atoms with Crippen LogP contribution in [-0.4, -0.2) is 43.5 Å². The number of carbonyl (C=O) groups is 2. The Morgan fingerprint density at radius 2 is 1.58 bits per heavy atom. The molecule has 0 unspecified atom stereocenters. The van der Waals surface area contributed by atoms with E-state index < -0.39 is 17.8 Å². The van der Waals surface area contributed by atoms with E-state index in [9.17, 15) is 9.59 Å². The third kappa shape index (κ3) is 6.96. The molecular formula is C26H35N3O4. The zero-order chi connectivity index (χ0) is 23.8. The van der Waals surface area contributed by atoms with E-state index in [2.05, 4.69) is 34.9 Å². The number of nitrogens with two attached hydrogens (primary N) is 1. The lowest BCUT2D eigenvalue weighted by Crippen LogP contribution is -2.41. The summed E-state index contributed by atoms with van der Waals surface area (Å²) in [5.74, 6) is 0.0263. The number of hydrogen-bond donors (Lipinski definition) is 3. The van der Waals surface area contributed by atoms with Gasteiger partial charge in [0.2, 0.25) is 0 Å². The van der Waals surface area contributed by atoms with Crippen molar-refractivity contribution in [2.24, 2.45) is 5.73 Å². The summed E-state index contributed by atoms with van der Waals surface area (Å²) >= 11 is 0. The number of fused-ring (bicyclic) bond motifs is 3. The van der Waals surface area contributed by atoms with Crippen molar-refractivity contribution in [2.75, 3.05) is 19.7 Å². The minimum Gasteiger partial charge on any atom is -0.449 e. The van der Waals surface area contributed by atoms with E-state index in [0.29, 0.717) is 19.5 Å². The molecule has 4 N–H and O–H groups in total. The fourth-order valence-corrected chi connectivity index (χ4v) is 4.08. The molecule has 33 heavy (non-hydrogen) atoms. The van der Waals surface area contributed by atoms with Gasteiger partial charge in [0, 0.05) is 25.0 Å². The van der Waals surface area contributed by atoms with Crippen molar-refractivity contribution >= 4 is 12.2 Å². The van der Waals surface area contributed by atoms with E-state index in [1.54, 1.807) is 0 Å². The molecule has 0 aromatic heterocycles. The second-order valence-corrected chi connectivity index (χ2v) is 9.33. The summed E-state index contributed by atoms with van der Waals surface area (Å²) in [6, 6.07) is 16.3. The normalized spacial score (nSPS) is 13.6. The Bertz CT molecular complexity index is 909. The second-order valence-electron chi connectivity index (χ2n) is 9.33. The van der Waals surface area contributed by atoms with Crippen LogP contribution in [0.3, 0.4) is 0 Å². The van der Waals surface area contributed by atoms with E-state index in [0.717, 1.165) is 12.8 Å². The number of unbranched alkanes of at least 4 members (excludes halogenated alkanes) is 1. The van der Waals surface area contributed by atoms with Crippen molar-refractivity contribution in [1.29, 1.82) is 0 Å². The molecule has 1 aliphatic carbocycles. The maximum Gasteiger partial charge on any atom is 0.407 e. The fraction of sp³-hybridized carbons (Fsp3) is 0.462. The summed E-state index contributed by atoms with van der Waals surface area (Å²) < 4.78 is 10.8. The summed E-state index contributed by atoms with van der Waals surface area (Å²) in [4.78, 5) is 24.1. The molecule has 0 spiro atoms. The molecular weight excluding hydrogens is 418 g/mol. The van der Waals surface area contributed by atoms with Gasteiger partial charge in [-0.1, -0.05) is 48.5 Å². The number of benzene rings is 2. The highest BCUT2D eigenvalue weighted by Crippen LogP contribution is 2.44. The summed E-state index contributed by atoms with van der Waals surface area (Å²) in [5.41, 5.74) is 10.1. The highest BCUT2D eigenvalue weighted by molar-refractivity contribution is 5.79. The lowest BCUT2D eigenvalue weighted by Gasteiger charge is -2.20. The predicted octanol–water partition coefficient (Wildman–Crippen LogP) is 4.55. The van der Waals surface area contributed by atoms with Crippen LogP contribution in [-0.2, 0) is 9.47 Å². The van der Waals surface area contributed by atoms with Gasteiger partial charge in [-0.05, 0) is 62.3 Å². The van der Waals surface area contributed by atoms with E-state index in [-0.39, 0.29) is 18.6 Å². The van der Waals surface area contributed by atoms with Gasteiger partial charge in [0.15, 0.2) is 0 Å². The summed E-state index contributed by atoms with van der Waals surface area (Å²) in [6.45, 7) is 6.59. The Hall–Kier alpha value is -3.06. The van der Waals surface area contributed by atoms with Crippen LogP contribution < -0.4 is 16.4 Å². The Morgan fingerprint density at radius 1 is 0.970 bits per heavy atom. The Labute approximate surface area is 196 Å². The molecule has 7 nitrogen and oxygen atoms in total. The average molecular weight is 454 g/mol. The third-order valence-electron chi connectivity index (χ3n) is 5.60. The predicted molar refractivity (Wildman–Crippen MR) is 129 cm³/mol. The van der Waals surface area contributed by atoms with Crippen LogP contribution in [0.1, 0.15) is 57.1 Å². The zero-order valence-corrected chi connectivity index (χ0v) is 19.7. The first-order valence-electron chi connectivity index (χ1n) is 11.6. The number of ether oxygens (including phenoxy) is 2. The topological polar surface area (TPSA) is 103 Å². The fourth-order valence-electron chi connectivity index (χ4n) is 4.08. The number of amides is 2. The number of carbonyl (C=O) groups excluding carboxylic acids is 2. The molecule has 0 saturated heterocycles. The van der Waals surface area contributed by atoms with E-state index in [1.807, 2.05) is 45.0 Å². The first kappa shape index (κ1) is 24.6. The number of nitrogens with one attached hydrogen (secondary N) is 2. The number of hydrogen-bond acceptors (Lipinski definition) is 5. The van der Waals surface area contributed by atoms with Crippen LogP contribution in [0.5, 0.6) is 0 Å². The van der Waals surface area contributed by atoms with Crippen molar-refractivity contribution in [3.63, 3.8) is 0 Å². The van der Waals surface area contributed by atoms with Crippen molar-refractivity contribution in [1.82, 2.24) is 10.6 Å². The van der Waals surface area contributed by atoms with Crippen LogP contribution in [0.15, 0.2) is 48.5 Å². The maximum absolute atomic E-state index is 12.4. The largest absolute Gasteiger partial charge is 0.449 e. The Morgan fingerprint density at radius 3 is 2.15 bits per heavy atom. The lowest BCUT2D eigenvalue weighted by molar-refractivity contribution is 0.0527. The molecule has 1 aliphatic rings. The summed E-state index contributed by atoms with van der Waals surface area (Å²) in [5, 5.41) is 5.61. The van der Waals surface area contributed by atoms with Gasteiger partial charge >= 0.3 is 12.2 Å². The smallest absolute Gasteiger partial charge is 0.407 e. The minimum atomic E-state index is -0.512. The Kier molecular flexibility index (Phi) is 8.33. The van der Waals surface area contributed by atoms with Crippen LogP contribution >= 0.6 is 0 Å². The van der Waals surface area contributed by atoms with Crippen molar-refractivity contribution in [2.45, 2.75) is 57.6 Å². The van der Waals surface area contributed by atoms with Gasteiger partial charge in [0.25, 0.3) is 0 Å². The van der Waals surface area contributed by atoms with Gasteiger partial charge in [-0.3, -0.25) is 0 Å². The molecule has 0 fully saturated rings. The first-order chi connectivity index (χ1) is 15.8. The molecule has 2 amide bonds. The molecule has 2 aromatic carbocycles. The maximum atomic E-state index is 12.4. The molecule has 0 aliphatic heterocycles. The van der Waals surface area contributed by atoms with Crippen molar-refractivity contribution in [3.8, 4) is 11.1 Å². The van der Waals surface area contributed by atoms with Gasteiger partial charge in [0.05, 0.1) is 0 Å². The lowest BCUT2D eigenvalue weighted by atomic mass is 9.98. The molecule has 3 rings (SSSR count). The summed E-state index contributed by atoms with van der Waals surface area (Å²) in [7, 11) is 0. The van der Waals surface area contributed by atoms with E-state index in [1.165, 1.54) is 22.3 Å². The molecule has 2 aromatic rings. The number of rotatable bonds is 9.